The molecule has 0 aliphatic rings. The summed E-state index contributed by atoms with van der Waals surface area (Å²) in [5, 5.41) is 0. The number of rotatable bonds is 7. The minimum absolute atomic E-state index is 0.0575. The highest BCUT2D eigenvalue weighted by Gasteiger charge is 2.19. The van der Waals surface area contributed by atoms with Crippen LogP contribution in [0.25, 0.3) is 0 Å². The zero-order chi connectivity index (χ0) is 17.7. The zero-order valence-corrected chi connectivity index (χ0v) is 15.9. The number of benzene rings is 2. The Kier molecular flexibility index (Phi) is 6.09. The van der Waals surface area contributed by atoms with Gasteiger partial charge in [-0.2, -0.15) is 0 Å². The molecule has 0 saturated heterocycles. The Balaban J connectivity index is 2.27. The van der Waals surface area contributed by atoms with E-state index in [2.05, 4.69) is 20.7 Å². The summed E-state index contributed by atoms with van der Waals surface area (Å²) in [7, 11) is 0.873. The molecule has 0 bridgehead atoms. The smallest absolute Gasteiger partial charge is 0.240 e. The van der Waals surface area contributed by atoms with Gasteiger partial charge in [-0.05, 0) is 30.3 Å². The molecule has 0 amide bonds. The average molecular weight is 416 g/mol. The van der Waals surface area contributed by atoms with Crippen LogP contribution >= 0.6 is 15.9 Å². The molecule has 0 radical (unpaired) electrons. The molecule has 0 aliphatic heterocycles. The number of sulfonamides is 1. The van der Waals surface area contributed by atoms with Crippen LogP contribution in [0.4, 0.5) is 0 Å². The molecule has 0 aliphatic carbocycles. The van der Waals surface area contributed by atoms with E-state index in [9.17, 15) is 8.42 Å². The minimum Gasteiger partial charge on any atom is -0.493 e. The van der Waals surface area contributed by atoms with Gasteiger partial charge in [0, 0.05) is 16.6 Å². The summed E-state index contributed by atoms with van der Waals surface area (Å²) >= 11 is 3.28. The van der Waals surface area contributed by atoms with E-state index in [1.54, 1.807) is 24.3 Å². The lowest BCUT2D eigenvalue weighted by Gasteiger charge is -2.16. The van der Waals surface area contributed by atoms with Gasteiger partial charge in [-0.25, -0.2) is 13.1 Å². The number of ether oxygens (including phenoxy) is 3. The molecule has 8 heteroatoms. The zero-order valence-electron chi connectivity index (χ0n) is 13.5. The van der Waals surface area contributed by atoms with Crippen molar-refractivity contribution in [3.63, 3.8) is 0 Å². The van der Waals surface area contributed by atoms with Gasteiger partial charge in [-0.1, -0.05) is 22.0 Å². The van der Waals surface area contributed by atoms with Crippen molar-refractivity contribution in [2.75, 3.05) is 21.3 Å². The summed E-state index contributed by atoms with van der Waals surface area (Å²) in [4.78, 5) is 0.185. The van der Waals surface area contributed by atoms with E-state index < -0.39 is 10.0 Å². The second kappa shape index (κ2) is 7.87. The number of halogens is 1. The first kappa shape index (κ1) is 18.6. The summed E-state index contributed by atoms with van der Waals surface area (Å²) in [5.74, 6) is 1.35. The summed E-state index contributed by atoms with van der Waals surface area (Å²) in [6, 6.07) is 9.82. The first-order valence-corrected chi connectivity index (χ1v) is 9.23. The van der Waals surface area contributed by atoms with Gasteiger partial charge >= 0.3 is 0 Å². The maximum atomic E-state index is 12.4. The molecule has 0 unspecified atom stereocenters. The van der Waals surface area contributed by atoms with Crippen molar-refractivity contribution in [1.29, 1.82) is 0 Å². The Labute approximate surface area is 149 Å². The van der Waals surface area contributed by atoms with Crippen molar-refractivity contribution in [2.45, 2.75) is 11.4 Å². The monoisotopic (exact) mass is 415 g/mol. The van der Waals surface area contributed by atoms with E-state index >= 15 is 0 Å². The molecule has 0 spiro atoms. The third-order valence-corrected chi connectivity index (χ3v) is 5.31. The van der Waals surface area contributed by atoms with Crippen molar-refractivity contribution in [2.24, 2.45) is 0 Å². The molecule has 0 heterocycles. The van der Waals surface area contributed by atoms with Gasteiger partial charge in [0.05, 0.1) is 26.2 Å². The third-order valence-electron chi connectivity index (χ3n) is 3.36. The Morgan fingerprint density at radius 3 is 2.08 bits per heavy atom. The van der Waals surface area contributed by atoms with Crippen molar-refractivity contribution < 1.29 is 22.6 Å². The molecule has 0 fully saturated rings. The summed E-state index contributed by atoms with van der Waals surface area (Å²) in [6.45, 7) is 0.0575. The number of methoxy groups -OCH3 is 3. The largest absolute Gasteiger partial charge is 0.493 e. The third kappa shape index (κ3) is 4.00. The number of hydrogen-bond donors (Lipinski definition) is 1. The van der Waals surface area contributed by atoms with Crippen LogP contribution in [0.15, 0.2) is 45.8 Å². The molecule has 2 rings (SSSR count). The second-order valence-corrected chi connectivity index (χ2v) is 7.45. The summed E-state index contributed by atoms with van der Waals surface area (Å²) in [5.41, 5.74) is 0.635. The molecule has 2 aromatic carbocycles. The highest BCUT2D eigenvalue weighted by atomic mass is 79.9. The Hall–Kier alpha value is -1.77. The predicted octanol–water partition coefficient (Wildman–Crippen LogP) is 2.95. The van der Waals surface area contributed by atoms with Crippen LogP contribution in [0.1, 0.15) is 5.56 Å². The maximum absolute atomic E-state index is 12.4. The first-order valence-electron chi connectivity index (χ1n) is 6.96. The fraction of sp³-hybridized carbons (Fsp3) is 0.250. The van der Waals surface area contributed by atoms with Gasteiger partial charge in [0.1, 0.15) is 0 Å². The first-order chi connectivity index (χ1) is 11.4. The summed E-state index contributed by atoms with van der Waals surface area (Å²) < 4.78 is 44.0. The quantitative estimate of drug-likeness (QED) is 0.752. The number of nitrogens with one attached hydrogen (secondary N) is 1. The van der Waals surface area contributed by atoms with E-state index in [4.69, 9.17) is 14.2 Å². The molecule has 0 atom stereocenters. The summed E-state index contributed by atoms with van der Waals surface area (Å²) in [6.07, 6.45) is 0. The Bertz CT molecular complexity index is 806. The molecule has 24 heavy (non-hydrogen) atoms. The topological polar surface area (TPSA) is 73.9 Å². The lowest BCUT2D eigenvalue weighted by Crippen LogP contribution is -2.23. The molecule has 130 valence electrons. The van der Waals surface area contributed by atoms with Crippen LogP contribution in [0.5, 0.6) is 17.2 Å². The predicted molar refractivity (Wildman–Crippen MR) is 94.3 cm³/mol. The van der Waals surface area contributed by atoms with Crippen molar-refractivity contribution >= 4 is 26.0 Å². The molecule has 0 aromatic heterocycles. The second-order valence-electron chi connectivity index (χ2n) is 4.77. The molecular formula is C16H18BrNO5S. The molecular weight excluding hydrogens is 398 g/mol. The van der Waals surface area contributed by atoms with Crippen LogP contribution in [-0.4, -0.2) is 29.7 Å². The van der Waals surface area contributed by atoms with Crippen molar-refractivity contribution in [3.05, 3.63) is 46.4 Å². The van der Waals surface area contributed by atoms with E-state index in [1.807, 2.05) is 0 Å². The van der Waals surface area contributed by atoms with Gasteiger partial charge in [0.15, 0.2) is 11.5 Å². The SMILES string of the molecule is COc1ccc(CNS(=O)(=O)c2ccc(Br)cc2)c(OC)c1OC. The lowest BCUT2D eigenvalue weighted by atomic mass is 10.1. The van der Waals surface area contributed by atoms with E-state index in [-0.39, 0.29) is 11.4 Å². The normalized spacial score (nSPS) is 11.2. The highest BCUT2D eigenvalue weighted by molar-refractivity contribution is 9.10. The molecule has 6 nitrogen and oxygen atoms in total. The van der Waals surface area contributed by atoms with Crippen LogP contribution in [0.2, 0.25) is 0 Å². The van der Waals surface area contributed by atoms with Gasteiger partial charge in [-0.3, -0.25) is 0 Å². The van der Waals surface area contributed by atoms with Crippen molar-refractivity contribution in [1.82, 2.24) is 4.72 Å². The molecule has 0 saturated carbocycles. The molecule has 2 aromatic rings. The number of hydrogen-bond acceptors (Lipinski definition) is 5. The minimum atomic E-state index is -3.63. The van der Waals surface area contributed by atoms with Crippen molar-refractivity contribution in [3.8, 4) is 17.2 Å². The van der Waals surface area contributed by atoms with Crippen LogP contribution in [-0.2, 0) is 16.6 Å². The Morgan fingerprint density at radius 2 is 1.54 bits per heavy atom. The Morgan fingerprint density at radius 1 is 0.917 bits per heavy atom. The highest BCUT2D eigenvalue weighted by Crippen LogP contribution is 2.39. The van der Waals surface area contributed by atoms with Crippen LogP contribution in [0, 0.1) is 0 Å². The van der Waals surface area contributed by atoms with E-state index in [1.165, 1.54) is 33.5 Å². The fourth-order valence-electron chi connectivity index (χ4n) is 2.17. The standard InChI is InChI=1S/C16H18BrNO5S/c1-21-14-9-4-11(15(22-2)16(14)23-3)10-18-24(19,20)13-7-5-12(17)6-8-13/h4-9,18H,10H2,1-3H3. The van der Waals surface area contributed by atoms with Crippen LogP contribution in [0.3, 0.4) is 0 Å². The average Bonchev–Trinajstić information content (AvgIpc) is 2.59. The fourth-order valence-corrected chi connectivity index (χ4v) is 3.44. The van der Waals surface area contributed by atoms with Gasteiger partial charge in [0.25, 0.3) is 0 Å². The molecule has 1 N–H and O–H groups in total. The van der Waals surface area contributed by atoms with E-state index in [0.29, 0.717) is 22.8 Å². The van der Waals surface area contributed by atoms with Gasteiger partial charge < -0.3 is 14.2 Å². The lowest BCUT2D eigenvalue weighted by molar-refractivity contribution is 0.322. The van der Waals surface area contributed by atoms with E-state index in [0.717, 1.165) is 4.47 Å². The maximum Gasteiger partial charge on any atom is 0.240 e. The van der Waals surface area contributed by atoms with Gasteiger partial charge in [0.2, 0.25) is 15.8 Å². The van der Waals surface area contributed by atoms with Crippen LogP contribution < -0.4 is 18.9 Å². The van der Waals surface area contributed by atoms with Gasteiger partial charge in [-0.15, -0.1) is 0 Å².